The third-order valence-electron chi connectivity index (χ3n) is 1.67. The van der Waals surface area contributed by atoms with Gasteiger partial charge in [-0.25, -0.2) is 0 Å². The van der Waals surface area contributed by atoms with Crippen molar-refractivity contribution in [3.63, 3.8) is 0 Å². The fourth-order valence-electron chi connectivity index (χ4n) is 1.06. The average Bonchev–Trinajstić information content (AvgIpc) is 2.71. The lowest BCUT2D eigenvalue weighted by molar-refractivity contribution is 0.489. The molecule has 0 saturated carbocycles. The highest BCUT2D eigenvalue weighted by molar-refractivity contribution is 9.10. The largest absolute Gasteiger partial charge is 0.452 e. The lowest BCUT2D eigenvalue weighted by Crippen LogP contribution is -2.10. The van der Waals surface area contributed by atoms with Gasteiger partial charge in [0.1, 0.15) is 5.76 Å². The number of nitrogens with zero attached hydrogens (tertiary/aromatic N) is 1. The summed E-state index contributed by atoms with van der Waals surface area (Å²) < 4.78 is 7.97. The molecule has 0 fully saturated rings. The molecule has 0 atom stereocenters. The summed E-state index contributed by atoms with van der Waals surface area (Å²) in [5.41, 5.74) is 3.16. The molecule has 0 aliphatic rings. The molecule has 0 aromatic carbocycles. The zero-order valence-corrected chi connectivity index (χ0v) is 8.49. The fourth-order valence-corrected chi connectivity index (χ4v) is 1.40. The molecular weight excluding hydrogens is 232 g/mol. The van der Waals surface area contributed by atoms with E-state index < -0.39 is 0 Å². The van der Waals surface area contributed by atoms with E-state index in [-0.39, 0.29) is 0 Å². The number of hydrogen-bond acceptors (Lipinski definition) is 2. The van der Waals surface area contributed by atoms with Crippen molar-refractivity contribution in [3.05, 3.63) is 47.1 Å². The monoisotopic (exact) mass is 240 g/mol. The van der Waals surface area contributed by atoms with Gasteiger partial charge in [-0.2, -0.15) is 0 Å². The molecule has 0 radical (unpaired) electrons. The SMILES string of the molecule is Brc1ccc(CNn2cccc2)o1. The zero-order valence-electron chi connectivity index (χ0n) is 6.90. The average molecular weight is 241 g/mol. The molecule has 2 rings (SSSR count). The van der Waals surface area contributed by atoms with Crippen LogP contribution in [0.1, 0.15) is 5.76 Å². The van der Waals surface area contributed by atoms with Gasteiger partial charge in [0.05, 0.1) is 6.54 Å². The summed E-state index contributed by atoms with van der Waals surface area (Å²) in [6, 6.07) is 7.74. The maximum absolute atomic E-state index is 5.32. The minimum Gasteiger partial charge on any atom is -0.452 e. The molecule has 3 nitrogen and oxygen atoms in total. The van der Waals surface area contributed by atoms with Crippen molar-refractivity contribution in [2.75, 3.05) is 5.43 Å². The summed E-state index contributed by atoms with van der Waals surface area (Å²) in [5, 5.41) is 0. The summed E-state index contributed by atoms with van der Waals surface area (Å²) >= 11 is 3.25. The molecule has 1 N–H and O–H groups in total. The number of nitrogens with one attached hydrogen (secondary N) is 1. The summed E-state index contributed by atoms with van der Waals surface area (Å²) in [6.07, 6.45) is 3.88. The van der Waals surface area contributed by atoms with Gasteiger partial charge in [0.2, 0.25) is 0 Å². The van der Waals surface area contributed by atoms with Crippen molar-refractivity contribution in [3.8, 4) is 0 Å². The van der Waals surface area contributed by atoms with E-state index in [4.69, 9.17) is 4.42 Å². The van der Waals surface area contributed by atoms with Crippen LogP contribution in [0.5, 0.6) is 0 Å². The first-order chi connectivity index (χ1) is 6.34. The van der Waals surface area contributed by atoms with Gasteiger partial charge in [0, 0.05) is 12.4 Å². The van der Waals surface area contributed by atoms with Crippen LogP contribution in [0.3, 0.4) is 0 Å². The Hall–Kier alpha value is -1.16. The molecule has 2 aromatic rings. The number of aromatic nitrogens is 1. The summed E-state index contributed by atoms with van der Waals surface area (Å²) in [4.78, 5) is 0. The van der Waals surface area contributed by atoms with Crippen LogP contribution in [0.15, 0.2) is 45.7 Å². The van der Waals surface area contributed by atoms with Gasteiger partial charge in [-0.3, -0.25) is 4.68 Å². The standard InChI is InChI=1S/C9H9BrN2O/c10-9-4-3-8(13-9)7-11-12-5-1-2-6-12/h1-6,11H,7H2. The lowest BCUT2D eigenvalue weighted by atomic mass is 10.5. The molecule has 0 saturated heterocycles. The van der Waals surface area contributed by atoms with E-state index in [2.05, 4.69) is 21.4 Å². The number of halogens is 1. The minimum atomic E-state index is 0.681. The lowest BCUT2D eigenvalue weighted by Gasteiger charge is -2.04. The van der Waals surface area contributed by atoms with Crippen LogP contribution in [0.25, 0.3) is 0 Å². The molecule has 4 heteroatoms. The van der Waals surface area contributed by atoms with Gasteiger partial charge in [-0.1, -0.05) is 0 Å². The van der Waals surface area contributed by atoms with Crippen LogP contribution in [0.4, 0.5) is 0 Å². The molecule has 0 bridgehead atoms. The first kappa shape index (κ1) is 8.44. The number of furan rings is 1. The number of hydrogen-bond donors (Lipinski definition) is 1. The van der Waals surface area contributed by atoms with E-state index in [0.717, 1.165) is 10.4 Å². The smallest absolute Gasteiger partial charge is 0.169 e. The maximum atomic E-state index is 5.32. The van der Waals surface area contributed by atoms with Gasteiger partial charge in [0.15, 0.2) is 4.67 Å². The zero-order chi connectivity index (χ0) is 9.10. The predicted octanol–water partition coefficient (Wildman–Crippen LogP) is 2.59. The molecule has 0 aliphatic carbocycles. The first-order valence-electron chi connectivity index (χ1n) is 3.96. The van der Waals surface area contributed by atoms with E-state index in [9.17, 15) is 0 Å². The van der Waals surface area contributed by atoms with Crippen LogP contribution >= 0.6 is 15.9 Å². The van der Waals surface area contributed by atoms with Crippen molar-refractivity contribution >= 4 is 15.9 Å². The Bertz CT molecular complexity index is 367. The van der Waals surface area contributed by atoms with Crippen LogP contribution in [-0.2, 0) is 6.54 Å². The molecule has 2 heterocycles. The molecule has 0 unspecified atom stereocenters. The Balaban J connectivity index is 1.93. The van der Waals surface area contributed by atoms with Gasteiger partial charge in [0.25, 0.3) is 0 Å². The molecule has 2 aromatic heterocycles. The van der Waals surface area contributed by atoms with E-state index >= 15 is 0 Å². The quantitative estimate of drug-likeness (QED) is 0.895. The van der Waals surface area contributed by atoms with Crippen LogP contribution in [0, 0.1) is 0 Å². The van der Waals surface area contributed by atoms with Crippen molar-refractivity contribution in [2.24, 2.45) is 0 Å². The second-order valence-electron chi connectivity index (χ2n) is 2.63. The van der Waals surface area contributed by atoms with Gasteiger partial charge < -0.3 is 9.84 Å². The van der Waals surface area contributed by atoms with Gasteiger partial charge in [-0.15, -0.1) is 0 Å². The second kappa shape index (κ2) is 3.70. The van der Waals surface area contributed by atoms with Crippen molar-refractivity contribution in [2.45, 2.75) is 6.54 Å². The Morgan fingerprint density at radius 1 is 1.31 bits per heavy atom. The summed E-state index contributed by atoms with van der Waals surface area (Å²) in [6.45, 7) is 0.681. The third kappa shape index (κ3) is 2.15. The normalized spacial score (nSPS) is 10.2. The highest BCUT2D eigenvalue weighted by Crippen LogP contribution is 2.13. The fraction of sp³-hybridized carbons (Fsp3) is 0.111. The van der Waals surface area contributed by atoms with E-state index in [1.54, 1.807) is 0 Å². The topological polar surface area (TPSA) is 30.1 Å². The van der Waals surface area contributed by atoms with Crippen LogP contribution < -0.4 is 5.43 Å². The van der Waals surface area contributed by atoms with Crippen molar-refractivity contribution in [1.29, 1.82) is 0 Å². The molecule has 0 aliphatic heterocycles. The molecule has 13 heavy (non-hydrogen) atoms. The second-order valence-corrected chi connectivity index (χ2v) is 3.41. The van der Waals surface area contributed by atoms with Crippen LogP contribution in [-0.4, -0.2) is 4.68 Å². The summed E-state index contributed by atoms with van der Waals surface area (Å²) in [7, 11) is 0. The Morgan fingerprint density at radius 2 is 2.08 bits per heavy atom. The van der Waals surface area contributed by atoms with Gasteiger partial charge >= 0.3 is 0 Å². The molecule has 0 spiro atoms. The van der Waals surface area contributed by atoms with E-state index in [1.165, 1.54) is 0 Å². The highest BCUT2D eigenvalue weighted by Gasteiger charge is 1.97. The predicted molar refractivity (Wildman–Crippen MR) is 53.9 cm³/mol. The Kier molecular flexibility index (Phi) is 2.40. The highest BCUT2D eigenvalue weighted by atomic mass is 79.9. The first-order valence-corrected chi connectivity index (χ1v) is 4.75. The van der Waals surface area contributed by atoms with Crippen molar-refractivity contribution < 1.29 is 4.42 Å². The molecule has 68 valence electrons. The van der Waals surface area contributed by atoms with E-state index in [1.807, 2.05) is 41.3 Å². The van der Waals surface area contributed by atoms with Gasteiger partial charge in [-0.05, 0) is 40.2 Å². The molecular formula is C9H9BrN2O. The maximum Gasteiger partial charge on any atom is 0.169 e. The molecule has 0 amide bonds. The Morgan fingerprint density at radius 3 is 2.69 bits per heavy atom. The Labute approximate surface area is 84.5 Å². The van der Waals surface area contributed by atoms with Crippen LogP contribution in [0.2, 0.25) is 0 Å². The minimum absolute atomic E-state index is 0.681. The van der Waals surface area contributed by atoms with Crippen molar-refractivity contribution in [1.82, 2.24) is 4.68 Å². The van der Waals surface area contributed by atoms with E-state index in [0.29, 0.717) is 6.54 Å². The number of rotatable bonds is 3. The summed E-state index contributed by atoms with van der Waals surface area (Å²) in [5.74, 6) is 0.903. The third-order valence-corrected chi connectivity index (χ3v) is 2.10.